The van der Waals surface area contributed by atoms with E-state index < -0.39 is 0 Å². The summed E-state index contributed by atoms with van der Waals surface area (Å²) in [6.45, 7) is 33.7. The third-order valence-electron chi connectivity index (χ3n) is 13.4. The van der Waals surface area contributed by atoms with Crippen molar-refractivity contribution in [3.05, 3.63) is 188 Å². The molecule has 0 fully saturated rings. The number of aryl methyl sites for hydroxylation is 6. The molecule has 0 saturated heterocycles. The van der Waals surface area contributed by atoms with E-state index in [2.05, 4.69) is 250 Å². The Morgan fingerprint density at radius 1 is 0.394 bits per heavy atom. The molecule has 0 aromatic heterocycles. The molecule has 0 aliphatic carbocycles. The zero-order chi connectivity index (χ0) is 46.0. The van der Waals surface area contributed by atoms with E-state index in [-0.39, 0.29) is 60.0 Å². The second-order valence-electron chi connectivity index (χ2n) is 19.9. The van der Waals surface area contributed by atoms with Gasteiger partial charge in [0.25, 0.3) is 0 Å². The molecule has 0 saturated carbocycles. The van der Waals surface area contributed by atoms with Gasteiger partial charge in [-0.15, -0.1) is 0 Å². The summed E-state index contributed by atoms with van der Waals surface area (Å²) < 4.78 is 4.95. The molecule has 8 rings (SSSR count). The smallest absolute Gasteiger partial charge is 0.245 e. The van der Waals surface area contributed by atoms with E-state index in [4.69, 9.17) is 0 Å². The summed E-state index contributed by atoms with van der Waals surface area (Å²) in [4.78, 5) is 5.11. The second kappa shape index (κ2) is 22.7. The van der Waals surface area contributed by atoms with Crippen LogP contribution in [0.15, 0.2) is 121 Å². The maximum absolute atomic E-state index is 2.55. The normalized spacial score (nSPS) is 15.7. The highest BCUT2D eigenvalue weighted by Crippen LogP contribution is 2.44. The van der Waals surface area contributed by atoms with Crippen LogP contribution < -0.4 is 57.8 Å². The lowest BCUT2D eigenvalue weighted by Crippen LogP contribution is -3.00. The third kappa shape index (κ3) is 11.2. The first kappa shape index (κ1) is 52.7. The number of anilines is 2. The van der Waals surface area contributed by atoms with E-state index in [1.807, 2.05) is 0 Å². The monoisotopic (exact) mass is 1100 g/mol. The first-order chi connectivity index (χ1) is 30.5. The Balaban J connectivity index is 0.000000240. The number of nitrogens with zero attached hydrogens (tertiary/aromatic N) is 4. The van der Waals surface area contributed by atoms with Gasteiger partial charge < -0.3 is 48.0 Å². The Kier molecular flexibility index (Phi) is 18.1. The van der Waals surface area contributed by atoms with Gasteiger partial charge in [0.1, 0.15) is 35.8 Å². The molecule has 0 N–H and O–H groups in total. The van der Waals surface area contributed by atoms with Crippen LogP contribution in [0.2, 0.25) is 0 Å². The van der Waals surface area contributed by atoms with Crippen LogP contribution >= 0.6 is 0 Å². The van der Waals surface area contributed by atoms with Crippen LogP contribution in [-0.2, 0) is 0 Å². The summed E-state index contributed by atoms with van der Waals surface area (Å²) in [5.41, 5.74) is 21.9. The van der Waals surface area contributed by atoms with Gasteiger partial charge in [-0.25, -0.2) is 19.0 Å². The lowest BCUT2D eigenvalue weighted by molar-refractivity contribution is -0.430. The van der Waals surface area contributed by atoms with Crippen LogP contribution in [0.5, 0.6) is 0 Å². The van der Waals surface area contributed by atoms with Crippen LogP contribution in [0.25, 0.3) is 0 Å². The van der Waals surface area contributed by atoms with Gasteiger partial charge in [-0.05, 0) is 87.5 Å². The molecule has 2 heterocycles. The quantitative estimate of drug-likeness (QED) is 0.100. The van der Waals surface area contributed by atoms with E-state index in [0.29, 0.717) is 23.7 Å². The van der Waals surface area contributed by atoms with Crippen LogP contribution in [-0.4, -0.2) is 34.9 Å². The molecule has 0 spiro atoms. The van der Waals surface area contributed by atoms with E-state index in [0.717, 1.165) is 13.1 Å². The van der Waals surface area contributed by atoms with Gasteiger partial charge in [0, 0.05) is 33.4 Å². The standard InChI is InChI=1S/2C30H37N2.2HI/c2*1-20(2)26-14-11-15-27(21(3)4)30(26)32-19-31(18-28(32)25-12-9-8-10-13-25)29-23(6)16-22(5)17-24(29)7;;/h2*8-17,19-21,28H,18H2,1-7H3;2*1H/q2*+1;;/p-2/t2*28-;;/m11../s1. The molecule has 6 aromatic carbocycles. The van der Waals surface area contributed by atoms with Crippen molar-refractivity contribution < 1.29 is 57.1 Å². The SMILES string of the molecule is Cc1cc(C)c([N+]2=CN(c3c(C(C)C)cccc3C(C)C)[C@@H](c3ccccc3)C2)c(C)c1.Cc1cc(C)c([N+]2=CN(c3c(C(C)C)cccc3C(C)C)[C@@H](c3ccccc3)C2)c(C)c1.[I-].[I-]. The maximum Gasteiger partial charge on any atom is 0.245 e. The summed E-state index contributed by atoms with van der Waals surface area (Å²) in [5.74, 6) is 1.85. The fraction of sp³-hybridized carbons (Fsp3) is 0.367. The Morgan fingerprint density at radius 3 is 0.924 bits per heavy atom. The summed E-state index contributed by atoms with van der Waals surface area (Å²) in [5, 5.41) is 0. The minimum absolute atomic E-state index is 0. The van der Waals surface area contributed by atoms with Crippen molar-refractivity contribution in [1.82, 2.24) is 0 Å². The lowest BCUT2D eigenvalue weighted by Gasteiger charge is -2.25. The second-order valence-corrected chi connectivity index (χ2v) is 19.9. The third-order valence-corrected chi connectivity index (χ3v) is 13.4. The van der Waals surface area contributed by atoms with Gasteiger partial charge in [0.05, 0.1) is 0 Å². The van der Waals surface area contributed by atoms with Crippen LogP contribution in [0, 0.1) is 41.5 Å². The summed E-state index contributed by atoms with van der Waals surface area (Å²) in [6.07, 6.45) is 4.74. The first-order valence-corrected chi connectivity index (χ1v) is 23.9. The zero-order valence-electron chi connectivity index (χ0n) is 42.1. The Hall–Kier alpha value is -4.28. The van der Waals surface area contributed by atoms with Crippen molar-refractivity contribution in [2.45, 2.75) is 133 Å². The van der Waals surface area contributed by atoms with Gasteiger partial charge in [-0.3, -0.25) is 0 Å². The van der Waals surface area contributed by atoms with Gasteiger partial charge in [0.2, 0.25) is 12.7 Å². The van der Waals surface area contributed by atoms with Gasteiger partial charge in [-0.1, -0.05) is 188 Å². The molecule has 2 aliphatic heterocycles. The highest BCUT2D eigenvalue weighted by atomic mass is 127. The van der Waals surface area contributed by atoms with Crippen LogP contribution in [0.3, 0.4) is 0 Å². The average Bonchev–Trinajstić information content (AvgIpc) is 3.88. The van der Waals surface area contributed by atoms with Gasteiger partial charge in [-0.2, -0.15) is 0 Å². The predicted molar refractivity (Wildman–Crippen MR) is 276 cm³/mol. The topological polar surface area (TPSA) is 12.5 Å². The van der Waals surface area contributed by atoms with Crippen molar-refractivity contribution >= 4 is 35.4 Å². The van der Waals surface area contributed by atoms with Crippen LogP contribution in [0.1, 0.15) is 158 Å². The van der Waals surface area contributed by atoms with Gasteiger partial charge in [0.15, 0.2) is 12.1 Å². The number of benzene rings is 6. The number of para-hydroxylation sites is 2. The van der Waals surface area contributed by atoms with E-state index in [9.17, 15) is 0 Å². The molecule has 0 unspecified atom stereocenters. The molecular formula is C60H74I2N4. The van der Waals surface area contributed by atoms with Crippen molar-refractivity contribution in [2.75, 3.05) is 22.9 Å². The van der Waals surface area contributed by atoms with E-state index >= 15 is 0 Å². The fourth-order valence-corrected chi connectivity index (χ4v) is 10.6. The Morgan fingerprint density at radius 2 is 0.667 bits per heavy atom. The van der Waals surface area contributed by atoms with Gasteiger partial charge >= 0.3 is 0 Å². The molecule has 2 aliphatic rings. The Labute approximate surface area is 432 Å². The molecule has 348 valence electrons. The zero-order valence-corrected chi connectivity index (χ0v) is 46.4. The van der Waals surface area contributed by atoms with E-state index in [1.165, 1.54) is 89.5 Å². The molecule has 4 nitrogen and oxygen atoms in total. The molecule has 0 amide bonds. The highest BCUT2D eigenvalue weighted by Gasteiger charge is 2.41. The molecular weight excluding hydrogens is 1030 g/mol. The molecule has 6 aromatic rings. The maximum atomic E-state index is 2.55. The minimum Gasteiger partial charge on any atom is -1.00 e. The van der Waals surface area contributed by atoms with Crippen LogP contribution in [0.4, 0.5) is 22.7 Å². The molecule has 6 heteroatoms. The number of hydrogen-bond acceptors (Lipinski definition) is 2. The Bertz CT molecular complexity index is 2380. The molecule has 66 heavy (non-hydrogen) atoms. The van der Waals surface area contributed by atoms with Crippen molar-refractivity contribution in [3.63, 3.8) is 0 Å². The van der Waals surface area contributed by atoms with Crippen molar-refractivity contribution in [2.24, 2.45) is 0 Å². The predicted octanol–water partition coefficient (Wildman–Crippen LogP) is 9.59. The fourth-order valence-electron chi connectivity index (χ4n) is 10.6. The first-order valence-electron chi connectivity index (χ1n) is 23.9. The lowest BCUT2D eigenvalue weighted by atomic mass is 9.91. The van der Waals surface area contributed by atoms with Crippen molar-refractivity contribution in [3.8, 4) is 0 Å². The number of rotatable bonds is 10. The van der Waals surface area contributed by atoms with E-state index in [1.54, 1.807) is 0 Å². The average molecular weight is 1110 g/mol. The molecule has 0 radical (unpaired) electrons. The summed E-state index contributed by atoms with van der Waals surface area (Å²) in [6, 6.07) is 45.4. The molecule has 2 atom stereocenters. The highest BCUT2D eigenvalue weighted by molar-refractivity contribution is 5.85. The number of hydrogen-bond donors (Lipinski definition) is 0. The summed E-state index contributed by atoms with van der Waals surface area (Å²) >= 11 is 0. The van der Waals surface area contributed by atoms with Crippen molar-refractivity contribution in [1.29, 1.82) is 0 Å². The minimum atomic E-state index is 0. The molecule has 0 bridgehead atoms. The number of halogens is 2. The summed E-state index contributed by atoms with van der Waals surface area (Å²) in [7, 11) is 0. The largest absolute Gasteiger partial charge is 1.00 e.